The van der Waals surface area contributed by atoms with Gasteiger partial charge in [0.2, 0.25) is 0 Å². The van der Waals surface area contributed by atoms with Crippen molar-refractivity contribution in [2.75, 3.05) is 38.8 Å². The number of methoxy groups -OCH3 is 1. The van der Waals surface area contributed by atoms with Crippen molar-refractivity contribution in [2.24, 2.45) is 5.41 Å². The number of benzene rings is 1. The lowest BCUT2D eigenvalue weighted by molar-refractivity contribution is 0.0762. The zero-order chi connectivity index (χ0) is 18.7. The Labute approximate surface area is 156 Å². The van der Waals surface area contributed by atoms with Gasteiger partial charge < -0.3 is 19.8 Å². The molecule has 0 radical (unpaired) electrons. The van der Waals surface area contributed by atoms with Crippen molar-refractivity contribution in [3.8, 4) is 16.9 Å². The number of rotatable bonds is 7. The fourth-order valence-corrected chi connectivity index (χ4v) is 3.84. The van der Waals surface area contributed by atoms with E-state index in [4.69, 9.17) is 4.74 Å². The van der Waals surface area contributed by atoms with Crippen molar-refractivity contribution in [2.45, 2.75) is 6.92 Å². The Hall–Kier alpha value is -2.22. The minimum atomic E-state index is -0.609. The number of aliphatic hydroxyl groups excluding tert-OH is 2. The monoisotopic (exact) mass is 373 g/mol. The quantitative estimate of drug-likeness (QED) is 0.663. The second-order valence-electron chi connectivity index (χ2n) is 6.74. The summed E-state index contributed by atoms with van der Waals surface area (Å²) in [6, 6.07) is 7.90. The molecule has 3 rings (SSSR count). The van der Waals surface area contributed by atoms with E-state index in [0.29, 0.717) is 6.54 Å². The number of hydrogen-bond acceptors (Lipinski definition) is 7. The van der Waals surface area contributed by atoms with Crippen LogP contribution in [0.25, 0.3) is 21.3 Å². The Morgan fingerprint density at radius 3 is 2.46 bits per heavy atom. The molecule has 0 aliphatic carbocycles. The summed E-state index contributed by atoms with van der Waals surface area (Å²) in [6.07, 6.45) is 1.55. The van der Waals surface area contributed by atoms with Gasteiger partial charge in [0, 0.05) is 30.0 Å². The molecule has 0 aliphatic rings. The first-order valence-electron chi connectivity index (χ1n) is 8.31. The molecule has 2 heterocycles. The van der Waals surface area contributed by atoms with E-state index in [-0.39, 0.29) is 13.2 Å². The lowest BCUT2D eigenvalue weighted by Gasteiger charge is -2.31. The molecule has 7 heteroatoms. The van der Waals surface area contributed by atoms with Crippen LogP contribution in [0.5, 0.6) is 5.75 Å². The molecule has 2 aromatic heterocycles. The summed E-state index contributed by atoms with van der Waals surface area (Å²) in [5, 5.41) is 22.3. The molecular weight excluding hydrogens is 350 g/mol. The van der Waals surface area contributed by atoms with Crippen molar-refractivity contribution in [3.63, 3.8) is 0 Å². The van der Waals surface area contributed by atoms with Gasteiger partial charge in [0.25, 0.3) is 0 Å². The first-order valence-corrected chi connectivity index (χ1v) is 9.19. The van der Waals surface area contributed by atoms with E-state index in [0.717, 1.165) is 32.9 Å². The number of anilines is 1. The van der Waals surface area contributed by atoms with E-state index in [1.807, 2.05) is 43.1 Å². The van der Waals surface area contributed by atoms with Crippen LogP contribution in [-0.4, -0.2) is 54.1 Å². The Kier molecular flexibility index (Phi) is 5.41. The van der Waals surface area contributed by atoms with Crippen LogP contribution in [0.4, 0.5) is 5.82 Å². The lowest BCUT2D eigenvalue weighted by atomic mass is 9.92. The van der Waals surface area contributed by atoms with Crippen LogP contribution in [0, 0.1) is 5.41 Å². The van der Waals surface area contributed by atoms with Crippen molar-refractivity contribution < 1.29 is 14.9 Å². The predicted octanol–water partition coefficient (Wildman–Crippen LogP) is 2.79. The molecular formula is C19H23N3O3S. The molecule has 0 aliphatic heterocycles. The van der Waals surface area contributed by atoms with Gasteiger partial charge in [-0.25, -0.2) is 9.97 Å². The van der Waals surface area contributed by atoms with Crippen LogP contribution < -0.4 is 9.64 Å². The van der Waals surface area contributed by atoms with E-state index >= 15 is 0 Å². The highest BCUT2D eigenvalue weighted by Crippen LogP contribution is 2.38. The highest BCUT2D eigenvalue weighted by molar-refractivity contribution is 7.17. The van der Waals surface area contributed by atoms with Crippen LogP contribution in [0.2, 0.25) is 0 Å². The van der Waals surface area contributed by atoms with Crippen molar-refractivity contribution in [1.29, 1.82) is 0 Å². The first-order chi connectivity index (χ1) is 12.5. The fourth-order valence-electron chi connectivity index (χ4n) is 2.93. The van der Waals surface area contributed by atoms with Crippen LogP contribution in [-0.2, 0) is 0 Å². The summed E-state index contributed by atoms with van der Waals surface area (Å²) in [7, 11) is 3.57. The zero-order valence-corrected chi connectivity index (χ0v) is 16.0. The van der Waals surface area contributed by atoms with Gasteiger partial charge in [-0.15, -0.1) is 11.3 Å². The van der Waals surface area contributed by atoms with Gasteiger partial charge in [0.1, 0.15) is 22.7 Å². The third-order valence-electron chi connectivity index (χ3n) is 4.50. The number of aliphatic hydroxyl groups is 2. The summed E-state index contributed by atoms with van der Waals surface area (Å²) in [5.74, 6) is 1.60. The van der Waals surface area contributed by atoms with Gasteiger partial charge >= 0.3 is 0 Å². The van der Waals surface area contributed by atoms with Crippen molar-refractivity contribution in [1.82, 2.24) is 9.97 Å². The molecule has 0 fully saturated rings. The molecule has 0 spiro atoms. The lowest BCUT2D eigenvalue weighted by Crippen LogP contribution is -2.39. The van der Waals surface area contributed by atoms with Gasteiger partial charge in [-0.2, -0.15) is 0 Å². The average Bonchev–Trinajstić information content (AvgIpc) is 3.12. The zero-order valence-electron chi connectivity index (χ0n) is 15.1. The number of thiophene rings is 1. The highest BCUT2D eigenvalue weighted by atomic mass is 32.1. The maximum absolute atomic E-state index is 9.61. The molecule has 2 N–H and O–H groups in total. The molecule has 6 nitrogen and oxygen atoms in total. The molecule has 0 saturated carbocycles. The summed E-state index contributed by atoms with van der Waals surface area (Å²) in [6.45, 7) is 2.12. The number of nitrogens with zero attached hydrogens (tertiary/aromatic N) is 3. The molecule has 26 heavy (non-hydrogen) atoms. The number of aromatic nitrogens is 2. The largest absolute Gasteiger partial charge is 0.497 e. The first kappa shape index (κ1) is 18.6. The average molecular weight is 373 g/mol. The summed E-state index contributed by atoms with van der Waals surface area (Å²) < 4.78 is 5.24. The van der Waals surface area contributed by atoms with Crippen LogP contribution in [0.3, 0.4) is 0 Å². The second-order valence-corrected chi connectivity index (χ2v) is 7.60. The Bertz CT molecular complexity index is 875. The third kappa shape index (κ3) is 3.51. The number of hydrogen-bond donors (Lipinski definition) is 2. The van der Waals surface area contributed by atoms with Gasteiger partial charge in [-0.05, 0) is 17.7 Å². The SMILES string of the molecule is COc1ccc(-c2csc3ncnc(N(C)CC(C)(CO)CO)c23)cc1. The Morgan fingerprint density at radius 1 is 1.15 bits per heavy atom. The summed E-state index contributed by atoms with van der Waals surface area (Å²) in [4.78, 5) is 11.8. The maximum atomic E-state index is 9.61. The fraction of sp³-hybridized carbons (Fsp3) is 0.368. The van der Waals surface area contributed by atoms with Gasteiger partial charge in [-0.1, -0.05) is 19.1 Å². The summed E-state index contributed by atoms with van der Waals surface area (Å²) >= 11 is 1.57. The highest BCUT2D eigenvalue weighted by Gasteiger charge is 2.26. The molecule has 0 bridgehead atoms. The molecule has 0 amide bonds. The molecule has 3 aromatic rings. The minimum Gasteiger partial charge on any atom is -0.497 e. The smallest absolute Gasteiger partial charge is 0.141 e. The van der Waals surface area contributed by atoms with Gasteiger partial charge in [0.05, 0.1) is 25.7 Å². The Morgan fingerprint density at radius 2 is 1.85 bits per heavy atom. The van der Waals surface area contributed by atoms with Crippen molar-refractivity contribution >= 4 is 27.4 Å². The normalized spacial score (nSPS) is 11.7. The van der Waals surface area contributed by atoms with Gasteiger partial charge in [0.15, 0.2) is 0 Å². The molecule has 0 atom stereocenters. The van der Waals surface area contributed by atoms with Crippen LogP contribution >= 0.6 is 11.3 Å². The maximum Gasteiger partial charge on any atom is 0.141 e. The van der Waals surface area contributed by atoms with E-state index in [1.165, 1.54) is 0 Å². The third-order valence-corrected chi connectivity index (χ3v) is 5.38. The molecule has 0 unspecified atom stereocenters. The second kappa shape index (κ2) is 7.57. The van der Waals surface area contributed by atoms with Crippen LogP contribution in [0.1, 0.15) is 6.92 Å². The van der Waals surface area contributed by atoms with Gasteiger partial charge in [-0.3, -0.25) is 0 Å². The van der Waals surface area contributed by atoms with E-state index in [2.05, 4.69) is 15.3 Å². The van der Waals surface area contributed by atoms with E-state index in [9.17, 15) is 10.2 Å². The Balaban J connectivity index is 2.05. The molecule has 0 saturated heterocycles. The summed E-state index contributed by atoms with van der Waals surface area (Å²) in [5.41, 5.74) is 1.51. The van der Waals surface area contributed by atoms with E-state index in [1.54, 1.807) is 24.8 Å². The molecule has 1 aromatic carbocycles. The topological polar surface area (TPSA) is 78.7 Å². The molecule has 138 valence electrons. The number of ether oxygens (including phenoxy) is 1. The number of fused-ring (bicyclic) bond motifs is 1. The standard InChI is InChI=1S/C19H23N3O3S/c1-19(10-23,11-24)9-22(2)17-16-15(8-26-18(16)21-12-20-17)13-4-6-14(25-3)7-5-13/h4-8,12,23-24H,9-11H2,1-3H3. The minimum absolute atomic E-state index is 0.100. The predicted molar refractivity (Wildman–Crippen MR) is 105 cm³/mol. The van der Waals surface area contributed by atoms with E-state index < -0.39 is 5.41 Å². The van der Waals surface area contributed by atoms with Crippen molar-refractivity contribution in [3.05, 3.63) is 36.0 Å². The van der Waals surface area contributed by atoms with Crippen LogP contribution in [0.15, 0.2) is 36.0 Å².